The number of benzene rings is 1. The Balaban J connectivity index is 3.41. The highest BCUT2D eigenvalue weighted by Crippen LogP contribution is 2.39. The second-order valence-corrected chi connectivity index (χ2v) is 3.52. The summed E-state index contributed by atoms with van der Waals surface area (Å²) in [6.07, 6.45) is -0.238. The lowest BCUT2D eigenvalue weighted by Gasteiger charge is -2.09. The van der Waals surface area contributed by atoms with Gasteiger partial charge in [0, 0.05) is 5.56 Å². The normalized spacial score (nSPS) is 9.82. The third-order valence-corrected chi connectivity index (χ3v) is 2.25. The minimum atomic E-state index is -0.680. The van der Waals surface area contributed by atoms with Crippen LogP contribution in [0.2, 0.25) is 0 Å². The monoisotopic (exact) mass is 261 g/mol. The van der Waals surface area contributed by atoms with Crippen molar-refractivity contribution < 1.29 is 19.2 Å². The van der Waals surface area contributed by atoms with Gasteiger partial charge in [-0.3, -0.25) is 14.9 Å². The van der Waals surface area contributed by atoms with E-state index in [-0.39, 0.29) is 29.2 Å². The second kappa shape index (κ2) is 5.49. The Morgan fingerprint density at radius 3 is 2.47 bits per heavy atom. The van der Waals surface area contributed by atoms with Crippen LogP contribution in [0.1, 0.15) is 5.56 Å². The quantitative estimate of drug-likeness (QED) is 0.460. The number of carbonyl (C=O) groups is 1. The van der Waals surface area contributed by atoms with Crippen molar-refractivity contribution in [2.45, 2.75) is 6.42 Å². The maximum absolute atomic E-state index is 11.0. The summed E-state index contributed by atoms with van der Waals surface area (Å²) in [6.45, 7) is 0. The van der Waals surface area contributed by atoms with Crippen molar-refractivity contribution in [3.05, 3.63) is 27.8 Å². The number of nitro groups is 1. The summed E-state index contributed by atoms with van der Waals surface area (Å²) in [7, 11) is 2.66. The van der Waals surface area contributed by atoms with Gasteiger partial charge in [-0.25, -0.2) is 0 Å². The summed E-state index contributed by atoms with van der Waals surface area (Å²) in [5.41, 5.74) is -0.117. The van der Waals surface area contributed by atoms with Crippen LogP contribution in [0.25, 0.3) is 0 Å². The van der Waals surface area contributed by atoms with Crippen LogP contribution >= 0.6 is 11.6 Å². The number of ether oxygens (including phenoxy) is 2. The largest absolute Gasteiger partial charge is 0.493 e. The average Bonchev–Trinajstić information content (AvgIpc) is 2.26. The smallest absolute Gasteiger partial charge is 0.318 e. The topological polar surface area (TPSA) is 78.7 Å². The summed E-state index contributed by atoms with van der Waals surface area (Å²) >= 11 is 5.22. The van der Waals surface area contributed by atoms with Crippen molar-refractivity contribution in [1.82, 2.24) is 0 Å². The zero-order valence-corrected chi connectivity index (χ0v) is 9.98. The number of methoxy groups -OCH3 is 2. The molecule has 0 radical (unpaired) electrons. The molecule has 0 heterocycles. The summed E-state index contributed by atoms with van der Waals surface area (Å²) < 4.78 is 9.87. The number of rotatable bonds is 5. The molecule has 0 unspecified atom stereocenters. The molecular formula is C10H10ClNO5. The fourth-order valence-electron chi connectivity index (χ4n) is 1.44. The lowest BCUT2D eigenvalue weighted by Crippen LogP contribution is -2.03. The molecule has 0 aliphatic heterocycles. The van der Waals surface area contributed by atoms with Crippen molar-refractivity contribution in [1.29, 1.82) is 0 Å². The molecule has 0 N–H and O–H groups in total. The SMILES string of the molecule is COc1ccc(C[14C](=O)Cl)c([N+](=O)[O-])c1OC. The predicted molar refractivity (Wildman–Crippen MR) is 60.8 cm³/mol. The van der Waals surface area contributed by atoms with Gasteiger partial charge in [0.05, 0.1) is 25.6 Å². The molecule has 1 rings (SSSR count). The first kappa shape index (κ1) is 13.2. The molecule has 0 spiro atoms. The molecule has 1 aromatic carbocycles. The molecule has 0 aliphatic carbocycles. The highest BCUT2D eigenvalue weighted by Gasteiger charge is 2.25. The van der Waals surface area contributed by atoms with Gasteiger partial charge in [-0.15, -0.1) is 0 Å². The second-order valence-electron chi connectivity index (χ2n) is 3.10. The number of halogens is 1. The van der Waals surface area contributed by atoms with E-state index in [2.05, 4.69) is 0 Å². The molecule has 0 bridgehead atoms. The molecule has 1 aromatic rings. The molecule has 0 saturated carbocycles. The van der Waals surface area contributed by atoms with Crippen molar-refractivity contribution in [2.75, 3.05) is 14.2 Å². The molecule has 7 heteroatoms. The van der Waals surface area contributed by atoms with Crippen LogP contribution in [-0.4, -0.2) is 24.4 Å². The fourth-order valence-corrected chi connectivity index (χ4v) is 1.59. The minimum Gasteiger partial charge on any atom is -0.493 e. The molecule has 0 amide bonds. The predicted octanol–water partition coefficient (Wildman–Crippen LogP) is 1.92. The van der Waals surface area contributed by atoms with E-state index in [0.29, 0.717) is 0 Å². The number of nitro benzene ring substituents is 1. The van der Waals surface area contributed by atoms with Gasteiger partial charge >= 0.3 is 5.69 Å². The van der Waals surface area contributed by atoms with Crippen LogP contribution in [0.15, 0.2) is 12.1 Å². The van der Waals surface area contributed by atoms with Gasteiger partial charge in [0.15, 0.2) is 5.75 Å². The molecule has 6 nitrogen and oxygen atoms in total. The van der Waals surface area contributed by atoms with Gasteiger partial charge < -0.3 is 9.47 Å². The number of nitrogens with zero attached hydrogens (tertiary/aromatic N) is 1. The Morgan fingerprint density at radius 1 is 1.41 bits per heavy atom. The van der Waals surface area contributed by atoms with E-state index in [1.165, 1.54) is 26.4 Å². The van der Waals surface area contributed by atoms with Gasteiger partial charge in [0.2, 0.25) is 11.0 Å². The van der Waals surface area contributed by atoms with Crippen molar-refractivity contribution >= 4 is 22.5 Å². The van der Waals surface area contributed by atoms with Crippen LogP contribution in [-0.2, 0) is 11.2 Å². The Morgan fingerprint density at radius 2 is 2.06 bits per heavy atom. The van der Waals surface area contributed by atoms with Crippen LogP contribution in [0.4, 0.5) is 5.69 Å². The zero-order chi connectivity index (χ0) is 13.0. The van der Waals surface area contributed by atoms with Crippen LogP contribution in [0, 0.1) is 10.1 Å². The third kappa shape index (κ3) is 2.85. The molecular weight excluding hydrogens is 252 g/mol. The van der Waals surface area contributed by atoms with Gasteiger partial charge in [-0.1, -0.05) is 0 Å². The molecule has 17 heavy (non-hydrogen) atoms. The van der Waals surface area contributed by atoms with Crippen LogP contribution in [0.5, 0.6) is 11.5 Å². The van der Waals surface area contributed by atoms with Gasteiger partial charge in [0.25, 0.3) is 0 Å². The first-order valence-corrected chi connectivity index (χ1v) is 4.95. The summed E-state index contributed by atoms with van der Waals surface area (Å²) in [5, 5.41) is 10.3. The van der Waals surface area contributed by atoms with Crippen molar-refractivity contribution in [3.8, 4) is 11.5 Å². The highest BCUT2D eigenvalue weighted by atomic mass is 35.5. The van der Waals surface area contributed by atoms with Crippen LogP contribution in [0.3, 0.4) is 0 Å². The first-order chi connectivity index (χ1) is 8.01. The Hall–Kier alpha value is -1.82. The number of hydrogen-bond acceptors (Lipinski definition) is 5. The van der Waals surface area contributed by atoms with Crippen molar-refractivity contribution in [3.63, 3.8) is 0 Å². The standard InChI is InChI=1S/C10H10ClNO5/c1-16-7-4-3-6(5-8(11)13)9(12(14)15)10(7)17-2/h3-4H,5H2,1-2H3/i8+2. The maximum Gasteiger partial charge on any atom is 0.318 e. The van der Waals surface area contributed by atoms with E-state index in [4.69, 9.17) is 21.1 Å². The molecule has 0 atom stereocenters. The maximum atomic E-state index is 11.0. The minimum absolute atomic E-state index is 0.0204. The lowest BCUT2D eigenvalue weighted by molar-refractivity contribution is -0.386. The van der Waals surface area contributed by atoms with E-state index in [9.17, 15) is 14.9 Å². The zero-order valence-electron chi connectivity index (χ0n) is 9.23. The average molecular weight is 262 g/mol. The van der Waals surface area contributed by atoms with Crippen molar-refractivity contribution in [2.24, 2.45) is 0 Å². The molecule has 92 valence electrons. The van der Waals surface area contributed by atoms with E-state index in [0.717, 1.165) is 0 Å². The molecule has 0 saturated heterocycles. The summed E-state index contributed by atoms with van der Waals surface area (Å²) in [4.78, 5) is 21.2. The third-order valence-electron chi connectivity index (χ3n) is 2.11. The van der Waals surface area contributed by atoms with Gasteiger partial charge in [-0.2, -0.15) is 0 Å². The van der Waals surface area contributed by atoms with Gasteiger partial charge in [0.1, 0.15) is 0 Å². The van der Waals surface area contributed by atoms with E-state index in [1.54, 1.807) is 0 Å². The molecule has 0 aromatic heterocycles. The lowest BCUT2D eigenvalue weighted by atomic mass is 10.1. The highest BCUT2D eigenvalue weighted by molar-refractivity contribution is 6.63. The molecule has 0 fully saturated rings. The Bertz CT molecular complexity index is 460. The fraction of sp³-hybridized carbons (Fsp3) is 0.300. The number of carbonyl (C=O) groups excluding carboxylic acids is 1. The van der Waals surface area contributed by atoms with E-state index >= 15 is 0 Å². The van der Waals surface area contributed by atoms with E-state index in [1.807, 2.05) is 0 Å². The summed E-state index contributed by atoms with van der Waals surface area (Å²) in [6, 6.07) is 2.90. The first-order valence-electron chi connectivity index (χ1n) is 4.57. The number of hydrogen-bond donors (Lipinski definition) is 0. The Labute approximate surface area is 102 Å². The van der Waals surface area contributed by atoms with E-state index < -0.39 is 10.2 Å². The van der Waals surface area contributed by atoms with Crippen LogP contribution < -0.4 is 9.47 Å². The van der Waals surface area contributed by atoms with Gasteiger partial charge in [-0.05, 0) is 23.7 Å². The summed E-state index contributed by atoms with van der Waals surface area (Å²) in [5.74, 6) is 0.206. The Kier molecular flexibility index (Phi) is 4.28. The molecule has 0 aliphatic rings.